The van der Waals surface area contributed by atoms with E-state index in [1.165, 1.54) is 11.0 Å². The van der Waals surface area contributed by atoms with Crippen LogP contribution in [0, 0.1) is 0 Å². The van der Waals surface area contributed by atoms with Gasteiger partial charge in [0, 0.05) is 13.1 Å². The molecule has 0 amide bonds. The number of hydrogen-bond acceptors (Lipinski definition) is 4. The van der Waals surface area contributed by atoms with E-state index in [0.29, 0.717) is 17.8 Å². The molecule has 0 saturated heterocycles. The number of fused-ring (bicyclic) bond motifs is 2. The number of rotatable bonds is 11. The largest absolute Gasteiger partial charge is 0.341 e. The quantitative estimate of drug-likeness (QED) is 0.246. The summed E-state index contributed by atoms with van der Waals surface area (Å²) in [5.41, 5.74) is 4.56. The van der Waals surface area contributed by atoms with Gasteiger partial charge in [-0.1, -0.05) is 51.0 Å². The fourth-order valence-electron chi connectivity index (χ4n) is 4.89. The number of anilines is 1. The highest BCUT2D eigenvalue weighted by atomic mass is 15.4. The molecule has 0 spiro atoms. The molecule has 5 aromatic rings. The lowest BCUT2D eigenvalue weighted by molar-refractivity contribution is -0.672. The van der Waals surface area contributed by atoms with Gasteiger partial charge in [0.25, 0.3) is 12.7 Å². The molecular formula is C29H38N8+2. The van der Waals surface area contributed by atoms with Crippen molar-refractivity contribution >= 4 is 28.0 Å². The SMILES string of the molecule is CCCC[n+]1cn(-c2nc(N(CC)CC)nc(-n3c[n+](CCCC)c4ccccc43)n2)c2ccccc21. The highest BCUT2D eigenvalue weighted by molar-refractivity contribution is 5.74. The smallest absolute Gasteiger partial charge is 0.334 e. The van der Waals surface area contributed by atoms with Gasteiger partial charge in [0.2, 0.25) is 5.95 Å². The molecule has 2 aromatic carbocycles. The van der Waals surface area contributed by atoms with Crippen molar-refractivity contribution in [2.75, 3.05) is 18.0 Å². The van der Waals surface area contributed by atoms with Crippen LogP contribution >= 0.6 is 0 Å². The fourth-order valence-corrected chi connectivity index (χ4v) is 4.89. The monoisotopic (exact) mass is 498 g/mol. The molecule has 8 nitrogen and oxygen atoms in total. The molecule has 37 heavy (non-hydrogen) atoms. The van der Waals surface area contributed by atoms with Crippen LogP contribution in [0.15, 0.2) is 61.2 Å². The normalized spacial score (nSPS) is 11.6. The van der Waals surface area contributed by atoms with E-state index < -0.39 is 0 Å². The van der Waals surface area contributed by atoms with Gasteiger partial charge in [-0.2, -0.15) is 19.1 Å². The number of para-hydroxylation sites is 4. The molecule has 0 atom stereocenters. The number of aryl methyl sites for hydroxylation is 2. The summed E-state index contributed by atoms with van der Waals surface area (Å²) in [7, 11) is 0. The van der Waals surface area contributed by atoms with Crippen LogP contribution in [0.5, 0.6) is 0 Å². The van der Waals surface area contributed by atoms with Crippen molar-refractivity contribution in [3.63, 3.8) is 0 Å². The van der Waals surface area contributed by atoms with E-state index >= 15 is 0 Å². The molecule has 0 N–H and O–H groups in total. The molecule has 0 bridgehead atoms. The summed E-state index contributed by atoms with van der Waals surface area (Å²) < 4.78 is 8.84. The molecule has 192 valence electrons. The Labute approximate surface area is 218 Å². The first-order chi connectivity index (χ1) is 18.2. The van der Waals surface area contributed by atoms with Crippen LogP contribution in [0.3, 0.4) is 0 Å². The van der Waals surface area contributed by atoms with Gasteiger partial charge in [0.1, 0.15) is 0 Å². The zero-order valence-electron chi connectivity index (χ0n) is 22.5. The third-order valence-electron chi connectivity index (χ3n) is 6.99. The van der Waals surface area contributed by atoms with Crippen LogP contribution in [-0.4, -0.2) is 37.2 Å². The zero-order chi connectivity index (χ0) is 25.8. The number of benzene rings is 2. The standard InChI is InChI=1S/C29H38N8/c1-5-9-19-34-21-36(25-17-13-11-15-23(25)34)28-30-27(33(7-3)8-4)31-29(32-28)37-22-35(20-10-6-2)24-16-12-14-18-26(24)37/h11-18,21-22H,5-10,19-20H2,1-4H3/q+2. The second-order valence-electron chi connectivity index (χ2n) is 9.45. The summed E-state index contributed by atoms with van der Waals surface area (Å²) in [6.07, 6.45) is 8.82. The van der Waals surface area contributed by atoms with E-state index in [9.17, 15) is 0 Å². The Morgan fingerprint density at radius 2 is 1.11 bits per heavy atom. The van der Waals surface area contributed by atoms with Crippen molar-refractivity contribution in [1.82, 2.24) is 24.1 Å². The maximum atomic E-state index is 5.06. The molecule has 0 saturated carbocycles. The number of imidazole rings is 2. The molecular weight excluding hydrogens is 460 g/mol. The maximum Gasteiger partial charge on any atom is 0.334 e. The summed E-state index contributed by atoms with van der Waals surface area (Å²) in [5, 5.41) is 0. The van der Waals surface area contributed by atoms with Gasteiger partial charge in [-0.3, -0.25) is 0 Å². The Morgan fingerprint density at radius 3 is 1.54 bits per heavy atom. The third kappa shape index (κ3) is 4.80. The van der Waals surface area contributed by atoms with Crippen LogP contribution in [0.2, 0.25) is 0 Å². The molecule has 0 aliphatic heterocycles. The first kappa shape index (κ1) is 24.9. The number of hydrogen-bond donors (Lipinski definition) is 0. The second-order valence-corrected chi connectivity index (χ2v) is 9.45. The molecule has 0 aliphatic carbocycles. The lowest BCUT2D eigenvalue weighted by Crippen LogP contribution is -2.32. The first-order valence-electron chi connectivity index (χ1n) is 13.7. The van der Waals surface area contributed by atoms with E-state index in [0.717, 1.165) is 62.9 Å². The lowest BCUT2D eigenvalue weighted by atomic mass is 10.3. The number of nitrogens with zero attached hydrogens (tertiary/aromatic N) is 8. The summed E-state index contributed by atoms with van der Waals surface area (Å²) in [6.45, 7) is 12.3. The second kappa shape index (κ2) is 11.1. The van der Waals surface area contributed by atoms with E-state index in [-0.39, 0.29) is 0 Å². The molecule has 8 heteroatoms. The van der Waals surface area contributed by atoms with E-state index in [1.807, 2.05) is 0 Å². The van der Waals surface area contributed by atoms with Gasteiger partial charge in [0.15, 0.2) is 22.1 Å². The van der Waals surface area contributed by atoms with Crippen molar-refractivity contribution in [2.45, 2.75) is 66.5 Å². The number of aromatic nitrogens is 7. The van der Waals surface area contributed by atoms with Gasteiger partial charge in [-0.05, 0) is 51.0 Å². The summed E-state index contributed by atoms with van der Waals surface area (Å²) >= 11 is 0. The maximum absolute atomic E-state index is 5.06. The molecule has 3 aromatic heterocycles. The lowest BCUT2D eigenvalue weighted by Gasteiger charge is -2.18. The van der Waals surface area contributed by atoms with Crippen molar-refractivity contribution in [3.05, 3.63) is 61.2 Å². The Kier molecular flexibility index (Phi) is 7.44. The Hall–Kier alpha value is -3.81. The average Bonchev–Trinajstić information content (AvgIpc) is 3.50. The van der Waals surface area contributed by atoms with Gasteiger partial charge < -0.3 is 4.90 Å². The highest BCUT2D eigenvalue weighted by Crippen LogP contribution is 2.21. The highest BCUT2D eigenvalue weighted by Gasteiger charge is 2.26. The topological polar surface area (TPSA) is 59.5 Å². The van der Waals surface area contributed by atoms with Crippen LogP contribution in [-0.2, 0) is 13.1 Å². The fraction of sp³-hybridized carbons (Fsp3) is 0.414. The van der Waals surface area contributed by atoms with Crippen molar-refractivity contribution in [2.24, 2.45) is 0 Å². The van der Waals surface area contributed by atoms with E-state index in [2.05, 4.69) is 112 Å². The Balaban J connectivity index is 1.72. The van der Waals surface area contributed by atoms with Crippen molar-refractivity contribution in [1.29, 1.82) is 0 Å². The molecule has 0 radical (unpaired) electrons. The summed E-state index contributed by atoms with van der Waals surface area (Å²) in [4.78, 5) is 17.2. The van der Waals surface area contributed by atoms with Gasteiger partial charge in [-0.15, -0.1) is 4.98 Å². The predicted molar refractivity (Wildman–Crippen MR) is 147 cm³/mol. The van der Waals surface area contributed by atoms with Gasteiger partial charge in [0.05, 0.1) is 13.1 Å². The first-order valence-corrected chi connectivity index (χ1v) is 13.7. The average molecular weight is 499 g/mol. The Morgan fingerprint density at radius 1 is 0.649 bits per heavy atom. The molecule has 0 aliphatic rings. The molecule has 0 fully saturated rings. The van der Waals surface area contributed by atoms with Crippen LogP contribution in [0.25, 0.3) is 34.0 Å². The summed E-state index contributed by atoms with van der Waals surface area (Å²) in [5.74, 6) is 1.97. The van der Waals surface area contributed by atoms with Crippen LogP contribution in [0.4, 0.5) is 5.95 Å². The van der Waals surface area contributed by atoms with Crippen molar-refractivity contribution in [3.8, 4) is 11.9 Å². The zero-order valence-corrected chi connectivity index (χ0v) is 22.5. The third-order valence-corrected chi connectivity index (χ3v) is 6.99. The minimum Gasteiger partial charge on any atom is -0.341 e. The Bertz CT molecular complexity index is 1390. The number of unbranched alkanes of at least 4 members (excludes halogenated alkanes) is 2. The van der Waals surface area contributed by atoms with E-state index in [4.69, 9.17) is 15.0 Å². The molecule has 3 heterocycles. The molecule has 0 unspecified atom stereocenters. The van der Waals surface area contributed by atoms with Gasteiger partial charge >= 0.3 is 11.9 Å². The van der Waals surface area contributed by atoms with Crippen LogP contribution < -0.4 is 14.0 Å². The minimum atomic E-state index is 0.635. The van der Waals surface area contributed by atoms with Gasteiger partial charge in [-0.25, -0.2) is 9.13 Å². The predicted octanol–water partition coefficient (Wildman–Crippen LogP) is 4.78. The van der Waals surface area contributed by atoms with E-state index in [1.54, 1.807) is 0 Å². The van der Waals surface area contributed by atoms with Crippen molar-refractivity contribution < 1.29 is 9.13 Å². The summed E-state index contributed by atoms with van der Waals surface area (Å²) in [6, 6.07) is 17.0. The minimum absolute atomic E-state index is 0.635. The van der Waals surface area contributed by atoms with Crippen LogP contribution in [0.1, 0.15) is 53.4 Å². The molecule has 5 rings (SSSR count).